The smallest absolute Gasteiger partial charge is 0.227 e. The molecule has 1 aromatic rings. The number of carbonyl (C=O) groups is 1. The molecule has 3 rings (SSSR count). The summed E-state index contributed by atoms with van der Waals surface area (Å²) in [4.78, 5) is 16.6. The van der Waals surface area contributed by atoms with E-state index >= 15 is 0 Å². The van der Waals surface area contributed by atoms with E-state index in [1.54, 1.807) is 0 Å². The van der Waals surface area contributed by atoms with Crippen molar-refractivity contribution in [2.75, 3.05) is 37.7 Å². The van der Waals surface area contributed by atoms with E-state index in [0.717, 1.165) is 43.9 Å². The fraction of sp³-hybridized carbons (Fsp3) is 0.562. The van der Waals surface area contributed by atoms with Crippen molar-refractivity contribution in [3.63, 3.8) is 0 Å². The van der Waals surface area contributed by atoms with Crippen molar-refractivity contribution in [1.82, 2.24) is 4.90 Å². The molecule has 1 atom stereocenters. The Labute approximate surface area is 120 Å². The molecule has 2 saturated heterocycles. The molecule has 0 aromatic heterocycles. The minimum absolute atomic E-state index is 0.0918. The molecule has 1 aromatic carbocycles. The highest BCUT2D eigenvalue weighted by molar-refractivity contribution is 5.97. The number of aryl methyl sites for hydroxylation is 1. The van der Waals surface area contributed by atoms with Gasteiger partial charge in [0, 0.05) is 37.2 Å². The molecule has 0 unspecified atom stereocenters. The third-order valence-corrected chi connectivity index (χ3v) is 4.66. The van der Waals surface area contributed by atoms with E-state index in [4.69, 9.17) is 5.11 Å². The lowest BCUT2D eigenvalue weighted by molar-refractivity contribution is -0.117. The molecule has 2 aliphatic rings. The molecule has 1 spiro atoms. The highest BCUT2D eigenvalue weighted by atomic mass is 16.3. The van der Waals surface area contributed by atoms with E-state index in [9.17, 15) is 4.79 Å². The minimum Gasteiger partial charge on any atom is -0.395 e. The third-order valence-electron chi connectivity index (χ3n) is 4.66. The third kappa shape index (κ3) is 2.34. The van der Waals surface area contributed by atoms with Crippen LogP contribution in [0.2, 0.25) is 0 Å². The van der Waals surface area contributed by atoms with Crippen LogP contribution in [-0.4, -0.2) is 48.7 Å². The van der Waals surface area contributed by atoms with Gasteiger partial charge in [0.1, 0.15) is 0 Å². The van der Waals surface area contributed by atoms with Crippen molar-refractivity contribution >= 4 is 11.6 Å². The minimum atomic E-state index is 0.0918. The summed E-state index contributed by atoms with van der Waals surface area (Å²) in [5.41, 5.74) is 2.30. The van der Waals surface area contributed by atoms with E-state index in [2.05, 4.69) is 17.9 Å². The van der Waals surface area contributed by atoms with Crippen molar-refractivity contribution in [1.29, 1.82) is 0 Å². The zero-order valence-corrected chi connectivity index (χ0v) is 12.0. The highest BCUT2D eigenvalue weighted by Gasteiger charge is 2.47. The molecule has 20 heavy (non-hydrogen) atoms. The number of rotatable bonds is 3. The van der Waals surface area contributed by atoms with Crippen LogP contribution in [0.5, 0.6) is 0 Å². The standard InChI is InChI=1S/C16H22N2O2/c1-13-4-2-3-5-14(13)18-12-16(10-15(18)20)6-7-17(11-16)8-9-19/h2-5,19H,6-12H2,1H3/t16-/m1/s1. The highest BCUT2D eigenvalue weighted by Crippen LogP contribution is 2.42. The number of aliphatic hydroxyl groups is 1. The van der Waals surface area contributed by atoms with Gasteiger partial charge in [-0.2, -0.15) is 0 Å². The second-order valence-electron chi connectivity index (χ2n) is 6.19. The van der Waals surface area contributed by atoms with Crippen molar-refractivity contribution in [3.8, 4) is 0 Å². The van der Waals surface area contributed by atoms with Crippen LogP contribution < -0.4 is 4.90 Å². The Balaban J connectivity index is 1.78. The molecule has 4 nitrogen and oxygen atoms in total. The summed E-state index contributed by atoms with van der Waals surface area (Å²) in [5.74, 6) is 0.241. The van der Waals surface area contributed by atoms with E-state index < -0.39 is 0 Å². The summed E-state index contributed by atoms with van der Waals surface area (Å²) in [6.07, 6.45) is 1.70. The van der Waals surface area contributed by atoms with Gasteiger partial charge in [-0.15, -0.1) is 0 Å². The Kier molecular flexibility index (Phi) is 3.52. The van der Waals surface area contributed by atoms with Gasteiger partial charge in [-0.1, -0.05) is 18.2 Å². The number of hydrogen-bond donors (Lipinski definition) is 1. The number of likely N-dealkylation sites (tertiary alicyclic amines) is 1. The Bertz CT molecular complexity index is 517. The summed E-state index contributed by atoms with van der Waals surface area (Å²) in [6.45, 7) is 5.72. The zero-order chi connectivity index (χ0) is 14.2. The number of anilines is 1. The van der Waals surface area contributed by atoms with Gasteiger partial charge >= 0.3 is 0 Å². The van der Waals surface area contributed by atoms with Crippen molar-refractivity contribution in [2.24, 2.45) is 5.41 Å². The van der Waals surface area contributed by atoms with Gasteiger partial charge in [-0.05, 0) is 31.5 Å². The second kappa shape index (κ2) is 5.19. The first-order valence-electron chi connectivity index (χ1n) is 7.33. The monoisotopic (exact) mass is 274 g/mol. The van der Waals surface area contributed by atoms with Crippen molar-refractivity contribution < 1.29 is 9.90 Å². The first-order chi connectivity index (χ1) is 9.63. The fourth-order valence-corrected chi connectivity index (χ4v) is 3.61. The van der Waals surface area contributed by atoms with E-state index in [1.807, 2.05) is 23.1 Å². The molecule has 1 N–H and O–H groups in total. The summed E-state index contributed by atoms with van der Waals surface area (Å²) in [5, 5.41) is 9.06. The molecule has 2 heterocycles. The van der Waals surface area contributed by atoms with Gasteiger partial charge in [-0.25, -0.2) is 0 Å². The summed E-state index contributed by atoms with van der Waals surface area (Å²) in [6, 6.07) is 8.09. The van der Waals surface area contributed by atoms with Crippen LogP contribution >= 0.6 is 0 Å². The Morgan fingerprint density at radius 3 is 2.85 bits per heavy atom. The summed E-state index contributed by atoms with van der Waals surface area (Å²) >= 11 is 0. The lowest BCUT2D eigenvalue weighted by atomic mass is 9.86. The van der Waals surface area contributed by atoms with Crippen molar-refractivity contribution in [2.45, 2.75) is 19.8 Å². The number of aliphatic hydroxyl groups excluding tert-OH is 1. The average Bonchev–Trinajstić information content (AvgIpc) is 2.95. The van der Waals surface area contributed by atoms with Gasteiger partial charge in [0.15, 0.2) is 0 Å². The van der Waals surface area contributed by atoms with Crippen LogP contribution in [0.15, 0.2) is 24.3 Å². The maximum atomic E-state index is 12.4. The number of benzene rings is 1. The van der Waals surface area contributed by atoms with Gasteiger partial charge in [0.25, 0.3) is 0 Å². The maximum Gasteiger partial charge on any atom is 0.227 e. The molecule has 1 amide bonds. The van der Waals surface area contributed by atoms with Crippen molar-refractivity contribution in [3.05, 3.63) is 29.8 Å². The van der Waals surface area contributed by atoms with Gasteiger partial charge in [-0.3, -0.25) is 4.79 Å². The Hall–Kier alpha value is -1.39. The molecule has 0 radical (unpaired) electrons. The van der Waals surface area contributed by atoms with Crippen LogP contribution in [0.3, 0.4) is 0 Å². The van der Waals surface area contributed by atoms with Crippen LogP contribution in [0.4, 0.5) is 5.69 Å². The van der Waals surface area contributed by atoms with Crippen LogP contribution in [-0.2, 0) is 4.79 Å². The first kappa shape index (κ1) is 13.6. The summed E-state index contributed by atoms with van der Waals surface area (Å²) < 4.78 is 0. The van der Waals surface area contributed by atoms with E-state index in [-0.39, 0.29) is 17.9 Å². The predicted molar refractivity (Wildman–Crippen MR) is 78.7 cm³/mol. The molecular formula is C16H22N2O2. The molecule has 4 heteroatoms. The summed E-state index contributed by atoms with van der Waals surface area (Å²) in [7, 11) is 0. The number of carbonyl (C=O) groups excluding carboxylic acids is 1. The average molecular weight is 274 g/mol. The number of hydrogen-bond acceptors (Lipinski definition) is 3. The van der Waals surface area contributed by atoms with Crippen LogP contribution in [0, 0.1) is 12.3 Å². The number of para-hydroxylation sites is 1. The van der Waals surface area contributed by atoms with Crippen LogP contribution in [0.25, 0.3) is 0 Å². The second-order valence-corrected chi connectivity index (χ2v) is 6.19. The fourth-order valence-electron chi connectivity index (χ4n) is 3.61. The van der Waals surface area contributed by atoms with E-state index in [0.29, 0.717) is 6.42 Å². The maximum absolute atomic E-state index is 12.4. The number of β-amino-alcohol motifs (C(OH)–C–C–N with tert-alkyl or cyclic N) is 1. The SMILES string of the molecule is Cc1ccccc1N1C[C@]2(CCN(CCO)C2)CC1=O. The normalized spacial score (nSPS) is 26.9. The quantitative estimate of drug-likeness (QED) is 0.906. The Morgan fingerprint density at radius 1 is 1.30 bits per heavy atom. The predicted octanol–water partition coefficient (Wildman–Crippen LogP) is 1.42. The van der Waals surface area contributed by atoms with Gasteiger partial charge in [0.05, 0.1) is 6.61 Å². The molecule has 0 saturated carbocycles. The zero-order valence-electron chi connectivity index (χ0n) is 12.0. The Morgan fingerprint density at radius 2 is 2.10 bits per heavy atom. The molecule has 0 bridgehead atoms. The van der Waals surface area contributed by atoms with Gasteiger partial charge in [0.2, 0.25) is 5.91 Å². The topological polar surface area (TPSA) is 43.8 Å². The molecular weight excluding hydrogens is 252 g/mol. The lowest BCUT2D eigenvalue weighted by Gasteiger charge is -2.24. The first-order valence-corrected chi connectivity index (χ1v) is 7.33. The molecule has 2 aliphatic heterocycles. The number of amides is 1. The largest absolute Gasteiger partial charge is 0.395 e. The van der Waals surface area contributed by atoms with Gasteiger partial charge < -0.3 is 14.9 Å². The molecule has 108 valence electrons. The lowest BCUT2D eigenvalue weighted by Crippen LogP contribution is -2.32. The molecule has 0 aliphatic carbocycles. The van der Waals surface area contributed by atoms with E-state index in [1.165, 1.54) is 0 Å². The van der Waals surface area contributed by atoms with Crippen LogP contribution in [0.1, 0.15) is 18.4 Å². The molecule has 2 fully saturated rings. The number of nitrogens with zero attached hydrogens (tertiary/aromatic N) is 2.